The molecule has 0 aliphatic rings. The lowest BCUT2D eigenvalue weighted by Crippen LogP contribution is -2.13. The summed E-state index contributed by atoms with van der Waals surface area (Å²) in [6.07, 6.45) is 0. The lowest BCUT2D eigenvalue weighted by molar-refractivity contribution is 0.234. The van der Waals surface area contributed by atoms with Crippen molar-refractivity contribution in [3.05, 3.63) is 52.5 Å². The van der Waals surface area contributed by atoms with Gasteiger partial charge >= 0.3 is 15.9 Å². The Morgan fingerprint density at radius 1 is 0.958 bits per heavy atom. The molecule has 2 rings (SSSR count). The molecular weight excluding hydrogens is 430 g/mol. The first-order chi connectivity index (χ1) is 11.0. The van der Waals surface area contributed by atoms with Crippen LogP contribution >= 0.6 is 15.9 Å². The van der Waals surface area contributed by atoms with Gasteiger partial charge in [-0.05, 0) is 64.8 Å². The van der Waals surface area contributed by atoms with E-state index in [1.807, 2.05) is 6.92 Å². The Morgan fingerprint density at radius 2 is 1.50 bits per heavy atom. The van der Waals surface area contributed by atoms with E-state index in [1.165, 1.54) is 6.07 Å². The van der Waals surface area contributed by atoms with Crippen LogP contribution in [0.25, 0.3) is 0 Å². The van der Waals surface area contributed by atoms with E-state index in [9.17, 15) is 25.6 Å². The maximum Gasteiger partial charge on any atom is 0.341 e. The molecular formula is C14H11BrF2O5S2. The molecule has 130 valence electrons. The molecule has 0 saturated carbocycles. The van der Waals surface area contributed by atoms with Gasteiger partial charge in [-0.25, -0.2) is 8.42 Å². The van der Waals surface area contributed by atoms with Gasteiger partial charge in [-0.3, -0.25) is 0 Å². The lowest BCUT2D eigenvalue weighted by atomic mass is 10.2. The summed E-state index contributed by atoms with van der Waals surface area (Å²) in [7, 11) is -9.03. The van der Waals surface area contributed by atoms with Crippen molar-refractivity contribution in [3.63, 3.8) is 0 Å². The van der Waals surface area contributed by atoms with Crippen LogP contribution < -0.4 is 4.18 Å². The number of halogens is 3. The van der Waals surface area contributed by atoms with Gasteiger partial charge in [0.1, 0.15) is 4.90 Å². The summed E-state index contributed by atoms with van der Waals surface area (Å²) < 4.78 is 77.3. The minimum absolute atomic E-state index is 0.0462. The summed E-state index contributed by atoms with van der Waals surface area (Å²) in [6.45, 7) is 1.81. The van der Waals surface area contributed by atoms with Crippen LogP contribution in [-0.4, -0.2) is 22.6 Å². The molecule has 0 heterocycles. The summed E-state index contributed by atoms with van der Waals surface area (Å²) in [6, 6.07) is 8.13. The van der Waals surface area contributed by atoms with Crippen molar-refractivity contribution in [2.24, 2.45) is 0 Å². The van der Waals surface area contributed by atoms with Crippen molar-refractivity contribution in [1.82, 2.24) is 0 Å². The van der Waals surface area contributed by atoms with Gasteiger partial charge in [0.15, 0.2) is 5.75 Å². The van der Waals surface area contributed by atoms with Crippen molar-refractivity contribution < 1.29 is 29.8 Å². The third-order valence-electron chi connectivity index (χ3n) is 2.96. The molecule has 24 heavy (non-hydrogen) atoms. The number of alkyl halides is 2. The Kier molecular flexibility index (Phi) is 5.31. The van der Waals surface area contributed by atoms with Gasteiger partial charge in [0.25, 0.3) is 0 Å². The molecule has 0 amide bonds. The molecule has 2 aromatic rings. The van der Waals surface area contributed by atoms with Crippen LogP contribution in [0.1, 0.15) is 5.56 Å². The van der Waals surface area contributed by atoms with Crippen LogP contribution in [0.5, 0.6) is 5.75 Å². The Balaban J connectivity index is 2.33. The summed E-state index contributed by atoms with van der Waals surface area (Å²) in [4.78, 5) is -1.03. The monoisotopic (exact) mass is 440 g/mol. The molecule has 10 heteroatoms. The number of hydrogen-bond donors (Lipinski definition) is 0. The average molecular weight is 441 g/mol. The Morgan fingerprint density at radius 3 is 2.00 bits per heavy atom. The van der Waals surface area contributed by atoms with E-state index < -0.39 is 30.6 Å². The topological polar surface area (TPSA) is 77.5 Å². The van der Waals surface area contributed by atoms with E-state index >= 15 is 0 Å². The van der Waals surface area contributed by atoms with Crippen molar-refractivity contribution in [3.8, 4) is 5.75 Å². The molecule has 0 atom stereocenters. The summed E-state index contributed by atoms with van der Waals surface area (Å²) in [5, 5.41) is 0. The number of hydrogen-bond acceptors (Lipinski definition) is 5. The van der Waals surface area contributed by atoms with Gasteiger partial charge in [0.2, 0.25) is 9.84 Å². The maximum atomic E-state index is 12.5. The molecule has 0 radical (unpaired) electrons. The highest BCUT2D eigenvalue weighted by Crippen LogP contribution is 2.29. The highest BCUT2D eigenvalue weighted by Gasteiger charge is 2.27. The first kappa shape index (κ1) is 18.8. The fraction of sp³-hybridized carbons (Fsp3) is 0.143. The van der Waals surface area contributed by atoms with Crippen LogP contribution in [0, 0.1) is 6.92 Å². The van der Waals surface area contributed by atoms with Crippen molar-refractivity contribution in [2.45, 2.75) is 22.5 Å². The third kappa shape index (κ3) is 3.93. The summed E-state index contributed by atoms with van der Waals surface area (Å²) >= 11 is 3.17. The molecule has 0 fully saturated rings. The Labute approximate surface area is 146 Å². The van der Waals surface area contributed by atoms with Gasteiger partial charge in [0, 0.05) is 0 Å². The van der Waals surface area contributed by atoms with Gasteiger partial charge in [-0.15, -0.1) is 0 Å². The standard InChI is InChI=1S/C14H11BrF2O5S2/c1-9-2-7-13(12(15)8-9)22-24(20,21)11-5-3-10(4-6-11)23(18,19)14(16)17/h2-8,14H,1H3. The molecule has 0 saturated heterocycles. The van der Waals surface area contributed by atoms with Gasteiger partial charge in [-0.1, -0.05) is 6.07 Å². The zero-order valence-electron chi connectivity index (χ0n) is 12.1. The Bertz CT molecular complexity index is 955. The fourth-order valence-electron chi connectivity index (χ4n) is 1.74. The van der Waals surface area contributed by atoms with Gasteiger partial charge in [-0.2, -0.15) is 17.2 Å². The largest absolute Gasteiger partial charge is 0.378 e. The third-order valence-corrected chi connectivity index (χ3v) is 6.23. The molecule has 0 N–H and O–H groups in total. The number of rotatable bonds is 5. The molecule has 0 bridgehead atoms. The highest BCUT2D eigenvalue weighted by atomic mass is 79.9. The van der Waals surface area contributed by atoms with Crippen molar-refractivity contribution >= 4 is 35.9 Å². The van der Waals surface area contributed by atoms with E-state index in [-0.39, 0.29) is 10.6 Å². The maximum absolute atomic E-state index is 12.5. The predicted octanol–water partition coefficient (Wildman–Crippen LogP) is 3.52. The SMILES string of the molecule is Cc1ccc(OS(=O)(=O)c2ccc(S(=O)(=O)C(F)F)cc2)c(Br)c1. The second-order valence-corrected chi connectivity index (χ2v) is 9.07. The Hall–Kier alpha value is -1.52. The molecule has 5 nitrogen and oxygen atoms in total. The van der Waals surface area contributed by atoms with Crippen molar-refractivity contribution in [2.75, 3.05) is 0 Å². The number of aryl methyl sites for hydroxylation is 1. The van der Waals surface area contributed by atoms with E-state index in [1.54, 1.807) is 12.1 Å². The summed E-state index contributed by atoms with van der Waals surface area (Å²) in [5.74, 6) is -3.54. The first-order valence-corrected chi connectivity index (χ1v) is 10.1. The zero-order valence-corrected chi connectivity index (χ0v) is 15.3. The van der Waals surface area contributed by atoms with Gasteiger partial charge < -0.3 is 4.18 Å². The van der Waals surface area contributed by atoms with E-state index in [2.05, 4.69) is 15.9 Å². The second kappa shape index (κ2) is 6.77. The van der Waals surface area contributed by atoms with Crippen LogP contribution in [0.3, 0.4) is 0 Å². The van der Waals surface area contributed by atoms with E-state index in [0.29, 0.717) is 4.47 Å². The predicted molar refractivity (Wildman–Crippen MR) is 86.3 cm³/mol. The van der Waals surface area contributed by atoms with Crippen LogP contribution in [0.15, 0.2) is 56.7 Å². The minimum atomic E-state index is -4.79. The molecule has 0 unspecified atom stereocenters. The number of sulfone groups is 1. The molecule has 2 aromatic carbocycles. The zero-order chi connectivity index (χ0) is 18.1. The fourth-order valence-corrected chi connectivity index (χ4v) is 4.09. The van der Waals surface area contributed by atoms with Gasteiger partial charge in [0.05, 0.1) is 9.37 Å². The molecule has 0 aliphatic heterocycles. The first-order valence-electron chi connectivity index (χ1n) is 6.37. The lowest BCUT2D eigenvalue weighted by Gasteiger charge is -2.10. The van der Waals surface area contributed by atoms with E-state index in [0.717, 1.165) is 29.8 Å². The number of benzene rings is 2. The van der Waals surface area contributed by atoms with Crippen LogP contribution in [0.4, 0.5) is 8.78 Å². The molecule has 0 aliphatic carbocycles. The quantitative estimate of drug-likeness (QED) is 0.664. The molecule has 0 aromatic heterocycles. The highest BCUT2D eigenvalue weighted by molar-refractivity contribution is 9.10. The normalized spacial score (nSPS) is 12.4. The average Bonchev–Trinajstić information content (AvgIpc) is 2.50. The van der Waals surface area contributed by atoms with E-state index in [4.69, 9.17) is 4.18 Å². The molecule has 0 spiro atoms. The smallest absolute Gasteiger partial charge is 0.341 e. The van der Waals surface area contributed by atoms with Crippen LogP contribution in [0.2, 0.25) is 0 Å². The van der Waals surface area contributed by atoms with Crippen LogP contribution in [-0.2, 0) is 20.0 Å². The second-order valence-electron chi connectivity index (χ2n) is 4.75. The van der Waals surface area contributed by atoms with Crippen molar-refractivity contribution in [1.29, 1.82) is 0 Å². The minimum Gasteiger partial charge on any atom is -0.378 e. The summed E-state index contributed by atoms with van der Waals surface area (Å²) in [5.41, 5.74) is 0.883.